The molecular weight excluding hydrogens is 214 g/mol. The number of rotatable bonds is 4. The zero-order valence-corrected chi connectivity index (χ0v) is 9.11. The highest BCUT2D eigenvalue weighted by Crippen LogP contribution is 2.23. The van der Waals surface area contributed by atoms with Crippen LogP contribution < -0.4 is 4.74 Å². The summed E-state index contributed by atoms with van der Waals surface area (Å²) in [4.78, 5) is 10.2. The molecule has 0 aliphatic rings. The molecule has 0 saturated carbocycles. The Bertz CT molecular complexity index is 390. The lowest BCUT2D eigenvalue weighted by molar-refractivity contribution is -0.384. The van der Waals surface area contributed by atoms with Gasteiger partial charge in [0, 0.05) is 11.8 Å². The molecular formula is C10H11NO3S. The minimum atomic E-state index is -0.444. The average Bonchev–Trinajstić information content (AvgIpc) is 2.25. The molecule has 0 N–H and O–H groups in total. The Morgan fingerprint density at radius 1 is 1.53 bits per heavy atom. The molecule has 0 amide bonds. The van der Waals surface area contributed by atoms with Gasteiger partial charge in [-0.05, 0) is 11.6 Å². The summed E-state index contributed by atoms with van der Waals surface area (Å²) in [5.41, 5.74) is 0.753. The van der Waals surface area contributed by atoms with E-state index >= 15 is 0 Å². The van der Waals surface area contributed by atoms with Gasteiger partial charge in [0.25, 0.3) is 5.69 Å². The van der Waals surface area contributed by atoms with Crippen molar-refractivity contribution in [3.63, 3.8) is 0 Å². The number of hydrogen-bond acceptors (Lipinski definition) is 4. The van der Waals surface area contributed by atoms with E-state index in [-0.39, 0.29) is 5.69 Å². The Morgan fingerprint density at radius 3 is 2.80 bits per heavy atom. The number of ether oxygens (including phenoxy) is 1. The number of non-ortho nitro benzene ring substituents is 1. The average molecular weight is 225 g/mol. The molecule has 1 aromatic carbocycles. The quantitative estimate of drug-likeness (QED) is 0.486. The first-order valence-corrected chi connectivity index (χ1v) is 4.91. The number of benzene rings is 1. The molecule has 0 bridgehead atoms. The van der Waals surface area contributed by atoms with Crippen LogP contribution in [0, 0.1) is 10.1 Å². The summed E-state index contributed by atoms with van der Waals surface area (Å²) in [7, 11) is 1.48. The van der Waals surface area contributed by atoms with Gasteiger partial charge in [-0.15, -0.1) is 0 Å². The van der Waals surface area contributed by atoms with Crippen molar-refractivity contribution in [2.45, 2.75) is 0 Å². The highest BCUT2D eigenvalue weighted by molar-refractivity contribution is 7.80. The molecule has 0 atom stereocenters. The van der Waals surface area contributed by atoms with Crippen LogP contribution in [0.1, 0.15) is 5.56 Å². The molecule has 1 rings (SSSR count). The molecule has 15 heavy (non-hydrogen) atoms. The Labute approximate surface area is 93.1 Å². The van der Waals surface area contributed by atoms with Crippen LogP contribution in [0.4, 0.5) is 5.69 Å². The van der Waals surface area contributed by atoms with Crippen molar-refractivity contribution in [3.05, 3.63) is 40.0 Å². The zero-order valence-electron chi connectivity index (χ0n) is 8.21. The molecule has 80 valence electrons. The summed E-state index contributed by atoms with van der Waals surface area (Å²) in [5.74, 6) is 1.06. The van der Waals surface area contributed by atoms with Crippen LogP contribution in [0.5, 0.6) is 5.75 Å². The Hall–Kier alpha value is -1.49. The number of nitro groups is 1. The Balaban J connectivity index is 3.11. The fraction of sp³-hybridized carbons (Fsp3) is 0.200. The van der Waals surface area contributed by atoms with Gasteiger partial charge in [-0.2, -0.15) is 12.6 Å². The standard InChI is InChI=1S/C10H11NO3S/c1-14-10-6-8(3-2-4-15)5-9(7-10)11(12)13/h2-3,5-7,15H,4H2,1H3. The number of methoxy groups -OCH3 is 1. The first-order chi connectivity index (χ1) is 7.17. The normalized spacial score (nSPS) is 10.5. The number of thiol groups is 1. The van der Waals surface area contributed by atoms with Gasteiger partial charge in [-0.3, -0.25) is 10.1 Å². The number of nitrogens with zero attached hydrogens (tertiary/aromatic N) is 1. The highest BCUT2D eigenvalue weighted by Gasteiger charge is 2.08. The first kappa shape index (κ1) is 11.6. The number of nitro benzene ring substituents is 1. The van der Waals surface area contributed by atoms with E-state index in [4.69, 9.17) is 4.74 Å². The summed E-state index contributed by atoms with van der Waals surface area (Å²) < 4.78 is 4.97. The molecule has 0 heterocycles. The third kappa shape index (κ3) is 3.28. The smallest absolute Gasteiger partial charge is 0.273 e. The monoisotopic (exact) mass is 225 g/mol. The summed E-state index contributed by atoms with van der Waals surface area (Å²) in [6.07, 6.45) is 3.57. The van der Waals surface area contributed by atoms with Gasteiger partial charge in [-0.25, -0.2) is 0 Å². The lowest BCUT2D eigenvalue weighted by Gasteiger charge is -2.01. The van der Waals surface area contributed by atoms with Gasteiger partial charge < -0.3 is 4.74 Å². The van der Waals surface area contributed by atoms with E-state index in [0.29, 0.717) is 11.5 Å². The van der Waals surface area contributed by atoms with Gasteiger partial charge in [0.15, 0.2) is 0 Å². The second-order valence-corrected chi connectivity index (χ2v) is 3.17. The lowest BCUT2D eigenvalue weighted by Crippen LogP contribution is -1.91. The minimum Gasteiger partial charge on any atom is -0.496 e. The van der Waals surface area contributed by atoms with Crippen molar-refractivity contribution in [1.82, 2.24) is 0 Å². The molecule has 0 aliphatic heterocycles. The van der Waals surface area contributed by atoms with Gasteiger partial charge >= 0.3 is 0 Å². The molecule has 4 nitrogen and oxygen atoms in total. The maximum atomic E-state index is 10.6. The predicted molar refractivity (Wildman–Crippen MR) is 62.5 cm³/mol. The maximum Gasteiger partial charge on any atom is 0.273 e. The van der Waals surface area contributed by atoms with Crippen LogP contribution in [-0.2, 0) is 0 Å². The van der Waals surface area contributed by atoms with Crippen molar-refractivity contribution in [2.24, 2.45) is 0 Å². The van der Waals surface area contributed by atoms with E-state index in [1.165, 1.54) is 19.2 Å². The van der Waals surface area contributed by atoms with Crippen LogP contribution in [0.25, 0.3) is 6.08 Å². The predicted octanol–water partition coefficient (Wildman–Crippen LogP) is 2.55. The highest BCUT2D eigenvalue weighted by atomic mass is 32.1. The largest absolute Gasteiger partial charge is 0.496 e. The first-order valence-electron chi connectivity index (χ1n) is 4.28. The van der Waals surface area contributed by atoms with Crippen LogP contribution in [0.15, 0.2) is 24.3 Å². The van der Waals surface area contributed by atoms with E-state index in [2.05, 4.69) is 12.6 Å². The molecule has 5 heteroatoms. The summed E-state index contributed by atoms with van der Waals surface area (Å²) >= 11 is 4.01. The van der Waals surface area contributed by atoms with Crippen molar-refractivity contribution < 1.29 is 9.66 Å². The van der Waals surface area contributed by atoms with Crippen LogP contribution in [0.3, 0.4) is 0 Å². The topological polar surface area (TPSA) is 52.4 Å². The number of hydrogen-bond donors (Lipinski definition) is 1. The van der Waals surface area contributed by atoms with Crippen molar-refractivity contribution in [3.8, 4) is 5.75 Å². The third-order valence-electron chi connectivity index (χ3n) is 1.78. The van der Waals surface area contributed by atoms with Gasteiger partial charge in [0.1, 0.15) is 5.75 Å². The molecule has 0 saturated heterocycles. The second-order valence-electron chi connectivity index (χ2n) is 2.81. The van der Waals surface area contributed by atoms with E-state index < -0.39 is 4.92 Å². The lowest BCUT2D eigenvalue weighted by atomic mass is 10.2. The summed E-state index contributed by atoms with van der Waals surface area (Å²) in [5, 5.41) is 10.6. The fourth-order valence-electron chi connectivity index (χ4n) is 1.11. The fourth-order valence-corrected chi connectivity index (χ4v) is 1.22. The summed E-state index contributed by atoms with van der Waals surface area (Å²) in [6, 6.07) is 4.60. The minimum absolute atomic E-state index is 0.0214. The SMILES string of the molecule is COc1cc(C=CCS)cc([N+](=O)[O-])c1. The summed E-state index contributed by atoms with van der Waals surface area (Å²) in [6.45, 7) is 0. The van der Waals surface area contributed by atoms with Crippen LogP contribution in [-0.4, -0.2) is 17.8 Å². The molecule has 0 aliphatic carbocycles. The molecule has 0 aromatic heterocycles. The Morgan fingerprint density at radius 2 is 2.27 bits per heavy atom. The molecule has 0 radical (unpaired) electrons. The van der Waals surface area contributed by atoms with Crippen molar-refractivity contribution in [1.29, 1.82) is 0 Å². The van der Waals surface area contributed by atoms with Crippen LogP contribution >= 0.6 is 12.6 Å². The van der Waals surface area contributed by atoms with Gasteiger partial charge in [0.05, 0.1) is 18.1 Å². The Kier molecular flexibility index (Phi) is 4.17. The van der Waals surface area contributed by atoms with Crippen molar-refractivity contribution in [2.75, 3.05) is 12.9 Å². The van der Waals surface area contributed by atoms with E-state index in [9.17, 15) is 10.1 Å². The molecule has 0 spiro atoms. The molecule has 0 fully saturated rings. The van der Waals surface area contributed by atoms with Crippen LogP contribution in [0.2, 0.25) is 0 Å². The van der Waals surface area contributed by atoms with Gasteiger partial charge in [0.2, 0.25) is 0 Å². The second kappa shape index (κ2) is 5.41. The molecule has 0 unspecified atom stereocenters. The third-order valence-corrected chi connectivity index (χ3v) is 1.99. The molecule has 1 aromatic rings. The van der Waals surface area contributed by atoms with E-state index in [0.717, 1.165) is 5.56 Å². The van der Waals surface area contributed by atoms with Gasteiger partial charge in [-0.1, -0.05) is 12.2 Å². The van der Waals surface area contributed by atoms with E-state index in [1.807, 2.05) is 6.08 Å². The maximum absolute atomic E-state index is 10.6. The van der Waals surface area contributed by atoms with Crippen molar-refractivity contribution >= 4 is 24.4 Å². The zero-order chi connectivity index (χ0) is 11.3. The van der Waals surface area contributed by atoms with E-state index in [1.54, 1.807) is 12.1 Å².